The highest BCUT2D eigenvalue weighted by atomic mass is 35.5. The molecule has 0 bridgehead atoms. The Morgan fingerprint density at radius 2 is 1.97 bits per heavy atom. The highest BCUT2D eigenvalue weighted by Gasteiger charge is 2.24. The van der Waals surface area contributed by atoms with Crippen molar-refractivity contribution in [1.29, 1.82) is 0 Å². The molecule has 0 amide bonds. The van der Waals surface area contributed by atoms with Crippen LogP contribution < -0.4 is 10.2 Å². The monoisotopic (exact) mass is 408 g/mol. The first-order chi connectivity index (χ1) is 14.0. The number of rotatable bonds is 8. The van der Waals surface area contributed by atoms with E-state index in [2.05, 4.69) is 80.0 Å². The summed E-state index contributed by atoms with van der Waals surface area (Å²) in [5, 5.41) is 4.40. The fraction of sp³-hybridized carbons (Fsp3) is 0.385. The molecule has 1 unspecified atom stereocenters. The first-order valence-corrected chi connectivity index (χ1v) is 11.1. The lowest BCUT2D eigenvalue weighted by Crippen LogP contribution is -2.24. The van der Waals surface area contributed by atoms with E-state index in [1.807, 2.05) is 6.07 Å². The Kier molecular flexibility index (Phi) is 7.44. The molecule has 154 valence electrons. The largest absolute Gasteiger partial charge is 0.388 e. The Hall–Kier alpha value is -2.19. The molecule has 3 heteroatoms. The van der Waals surface area contributed by atoms with E-state index in [0.717, 1.165) is 43.9 Å². The van der Waals surface area contributed by atoms with Crippen LogP contribution in [0.3, 0.4) is 0 Å². The van der Waals surface area contributed by atoms with Gasteiger partial charge in [-0.1, -0.05) is 54.9 Å². The van der Waals surface area contributed by atoms with E-state index in [9.17, 15) is 0 Å². The van der Waals surface area contributed by atoms with Gasteiger partial charge in [-0.05, 0) is 74.1 Å². The van der Waals surface area contributed by atoms with Crippen molar-refractivity contribution in [3.63, 3.8) is 0 Å². The van der Waals surface area contributed by atoms with Gasteiger partial charge >= 0.3 is 0 Å². The van der Waals surface area contributed by atoms with Crippen LogP contribution in [0.2, 0.25) is 5.02 Å². The summed E-state index contributed by atoms with van der Waals surface area (Å²) in [6.45, 7) is 13.9. The van der Waals surface area contributed by atoms with Gasteiger partial charge in [0.25, 0.3) is 0 Å². The molecule has 1 atom stereocenters. The van der Waals surface area contributed by atoms with Gasteiger partial charge in [0.2, 0.25) is 0 Å². The Labute approximate surface area is 181 Å². The average molecular weight is 409 g/mol. The molecule has 1 heterocycles. The summed E-state index contributed by atoms with van der Waals surface area (Å²) in [5.41, 5.74) is 7.69. The van der Waals surface area contributed by atoms with Gasteiger partial charge in [0.05, 0.1) is 0 Å². The Morgan fingerprint density at radius 1 is 1.21 bits per heavy atom. The molecule has 0 aromatic heterocycles. The summed E-state index contributed by atoms with van der Waals surface area (Å²) >= 11 is 6.24. The minimum atomic E-state index is 0.503. The predicted molar refractivity (Wildman–Crippen MR) is 128 cm³/mol. The van der Waals surface area contributed by atoms with E-state index in [1.165, 1.54) is 33.6 Å². The fourth-order valence-electron chi connectivity index (χ4n) is 4.07. The number of nitrogens with zero attached hydrogens (tertiary/aromatic N) is 1. The van der Waals surface area contributed by atoms with Crippen LogP contribution in [-0.4, -0.2) is 19.6 Å². The zero-order valence-corrected chi connectivity index (χ0v) is 18.7. The maximum absolute atomic E-state index is 6.24. The predicted octanol–water partition coefficient (Wildman–Crippen LogP) is 6.77. The molecular weight excluding hydrogens is 376 g/mol. The number of halogens is 1. The van der Waals surface area contributed by atoms with Crippen molar-refractivity contribution >= 4 is 22.9 Å². The molecule has 29 heavy (non-hydrogen) atoms. The third-order valence-corrected chi connectivity index (χ3v) is 6.06. The van der Waals surface area contributed by atoms with Gasteiger partial charge in [-0.2, -0.15) is 0 Å². The van der Waals surface area contributed by atoms with Crippen molar-refractivity contribution in [1.82, 2.24) is 5.32 Å². The van der Waals surface area contributed by atoms with E-state index in [4.69, 9.17) is 11.6 Å². The summed E-state index contributed by atoms with van der Waals surface area (Å²) in [6.07, 6.45) is 5.47. The van der Waals surface area contributed by atoms with Gasteiger partial charge in [-0.3, -0.25) is 0 Å². The van der Waals surface area contributed by atoms with Crippen LogP contribution in [-0.2, 0) is 0 Å². The van der Waals surface area contributed by atoms with Gasteiger partial charge in [-0.25, -0.2) is 0 Å². The Morgan fingerprint density at radius 3 is 2.69 bits per heavy atom. The van der Waals surface area contributed by atoms with E-state index in [1.54, 1.807) is 0 Å². The molecule has 1 aliphatic rings. The molecule has 2 nitrogen and oxygen atoms in total. The minimum absolute atomic E-state index is 0.503. The second kappa shape index (κ2) is 10.0. The standard InChI is InChI=1S/C26H33ClN2/c1-5-6-22(26-17-24(27)10-9-20(26)3)13-15-28-21(4)23-14-16-29(18-23)25-11-7-19(2)8-12-25/h6-12,17,23,28H,4-5,13-16,18H2,1-3H3/b22-6-. The van der Waals surface area contributed by atoms with Crippen molar-refractivity contribution in [2.24, 2.45) is 5.92 Å². The molecule has 0 saturated carbocycles. The summed E-state index contributed by atoms with van der Waals surface area (Å²) in [5.74, 6) is 0.503. The highest BCUT2D eigenvalue weighted by Crippen LogP contribution is 2.28. The SMILES string of the molecule is C=C(NCC/C(=C/CC)c1cc(Cl)ccc1C)C1CCN(c2ccc(C)cc2)C1. The van der Waals surface area contributed by atoms with Gasteiger partial charge < -0.3 is 10.2 Å². The second-order valence-corrected chi connectivity index (χ2v) is 8.50. The Bertz CT molecular complexity index is 867. The molecule has 0 aliphatic carbocycles. The van der Waals surface area contributed by atoms with Crippen molar-refractivity contribution in [3.05, 3.63) is 82.5 Å². The second-order valence-electron chi connectivity index (χ2n) is 8.07. The normalized spacial score (nSPS) is 16.9. The smallest absolute Gasteiger partial charge is 0.0412 e. The van der Waals surface area contributed by atoms with Gasteiger partial charge in [0.1, 0.15) is 0 Å². The molecule has 1 N–H and O–H groups in total. The third kappa shape index (κ3) is 5.67. The highest BCUT2D eigenvalue weighted by molar-refractivity contribution is 6.30. The molecule has 2 aromatic rings. The first-order valence-electron chi connectivity index (χ1n) is 10.7. The van der Waals surface area contributed by atoms with Crippen molar-refractivity contribution in [3.8, 4) is 0 Å². The molecule has 0 spiro atoms. The van der Waals surface area contributed by atoms with Gasteiger partial charge in [-0.15, -0.1) is 0 Å². The zero-order valence-electron chi connectivity index (χ0n) is 18.0. The van der Waals surface area contributed by atoms with Gasteiger partial charge in [0, 0.05) is 42.0 Å². The zero-order chi connectivity index (χ0) is 20.8. The molecule has 1 aliphatic heterocycles. The number of nitrogens with one attached hydrogen (secondary N) is 1. The molecule has 2 aromatic carbocycles. The lowest BCUT2D eigenvalue weighted by Gasteiger charge is -2.21. The van der Waals surface area contributed by atoms with E-state index in [-0.39, 0.29) is 0 Å². The quantitative estimate of drug-likeness (QED) is 0.518. The van der Waals surface area contributed by atoms with E-state index < -0.39 is 0 Å². The number of allylic oxidation sites excluding steroid dienone is 1. The maximum Gasteiger partial charge on any atom is 0.0412 e. The van der Waals surface area contributed by atoms with Crippen LogP contribution in [0.15, 0.2) is 60.8 Å². The summed E-state index contributed by atoms with van der Waals surface area (Å²) in [6, 6.07) is 15.0. The molecule has 0 radical (unpaired) electrons. The molecule has 1 fully saturated rings. The van der Waals surface area contributed by atoms with Crippen LogP contribution >= 0.6 is 11.6 Å². The summed E-state index contributed by atoms with van der Waals surface area (Å²) in [7, 11) is 0. The number of benzene rings is 2. The first kappa shape index (κ1) is 21.5. The molecular formula is C26H33ClN2. The van der Waals surface area contributed by atoms with Crippen molar-refractivity contribution in [2.45, 2.75) is 40.0 Å². The van der Waals surface area contributed by atoms with E-state index in [0.29, 0.717) is 5.92 Å². The van der Waals surface area contributed by atoms with Crippen LogP contribution in [0.5, 0.6) is 0 Å². The van der Waals surface area contributed by atoms with Crippen molar-refractivity contribution < 1.29 is 0 Å². The summed E-state index contributed by atoms with van der Waals surface area (Å²) < 4.78 is 0. The maximum atomic E-state index is 6.24. The number of hydrogen-bond donors (Lipinski definition) is 1. The van der Waals surface area contributed by atoms with Crippen molar-refractivity contribution in [2.75, 3.05) is 24.5 Å². The third-order valence-electron chi connectivity index (χ3n) is 5.82. The topological polar surface area (TPSA) is 15.3 Å². The average Bonchev–Trinajstić information content (AvgIpc) is 3.20. The number of aryl methyl sites for hydroxylation is 2. The number of anilines is 1. The number of hydrogen-bond acceptors (Lipinski definition) is 2. The molecule has 3 rings (SSSR count). The van der Waals surface area contributed by atoms with Gasteiger partial charge in [0.15, 0.2) is 0 Å². The van der Waals surface area contributed by atoms with Crippen LogP contribution in [0.4, 0.5) is 5.69 Å². The fourth-order valence-corrected chi connectivity index (χ4v) is 4.24. The Balaban J connectivity index is 1.54. The minimum Gasteiger partial charge on any atom is -0.388 e. The van der Waals surface area contributed by atoms with Crippen LogP contribution in [0.25, 0.3) is 5.57 Å². The summed E-state index contributed by atoms with van der Waals surface area (Å²) in [4.78, 5) is 2.47. The van der Waals surface area contributed by atoms with E-state index >= 15 is 0 Å². The molecule has 1 saturated heterocycles. The van der Waals surface area contributed by atoms with Crippen LogP contribution in [0.1, 0.15) is 42.9 Å². The van der Waals surface area contributed by atoms with Crippen LogP contribution in [0, 0.1) is 19.8 Å². The lowest BCUT2D eigenvalue weighted by atomic mass is 9.97. The lowest BCUT2D eigenvalue weighted by molar-refractivity contribution is 0.615.